The first-order valence-electron chi connectivity index (χ1n) is 17.7. The maximum absolute atomic E-state index is 12.7. The van der Waals surface area contributed by atoms with Crippen molar-refractivity contribution < 1.29 is 50.6 Å². The van der Waals surface area contributed by atoms with Crippen LogP contribution in [0.5, 0.6) is 0 Å². The Bertz CT molecular complexity index is 1570. The minimum atomic E-state index is -3.74. The molecule has 4 rings (SSSR count). The van der Waals surface area contributed by atoms with Crippen LogP contribution < -0.4 is 9.86 Å². The number of primary sulfonamides is 1. The molecule has 0 aromatic heterocycles. The number of nitrogens with one attached hydrogen (secondary N) is 1. The Labute approximate surface area is 304 Å². The van der Waals surface area contributed by atoms with E-state index in [2.05, 4.69) is 17.9 Å². The number of nitrogens with two attached hydrogens (primary N) is 1. The van der Waals surface area contributed by atoms with Gasteiger partial charge in [-0.2, -0.15) is 0 Å². The van der Waals surface area contributed by atoms with Gasteiger partial charge in [-0.1, -0.05) is 38.8 Å². The summed E-state index contributed by atoms with van der Waals surface area (Å²) in [5.41, 5.74) is -3.25. The van der Waals surface area contributed by atoms with Crippen LogP contribution in [0.3, 0.4) is 0 Å². The van der Waals surface area contributed by atoms with E-state index < -0.39 is 75.4 Å². The van der Waals surface area contributed by atoms with Crippen LogP contribution in [0.15, 0.2) is 25.3 Å². The molecule has 0 unspecified atom stereocenters. The molecule has 0 aromatic rings. The van der Waals surface area contributed by atoms with Crippen molar-refractivity contribution in [1.29, 1.82) is 0 Å². The highest BCUT2D eigenvalue weighted by Gasteiger charge is 2.63. The molecule has 0 saturated heterocycles. The van der Waals surface area contributed by atoms with Crippen LogP contribution in [0.2, 0.25) is 0 Å². The number of allylic oxidation sites excluding steroid dienone is 2. The standard InChI is InChI=1S/C18H29NO5S.C12H18O4.C6H13NO2S/c1-6-8-17(9-10-17)25(22,23)19-15(21)18(11-13(18)7-2)12-14(20)24-16(3,4)5;1-5-8-6-12(8,10(14)15)7-9(13)16-11(2,3)4;1-2-3-6(4-5-6)10(7,8)9/h7,13H,2,6,8-12H2,1,3-5H3,(H,19,21);5,8H,1,6-7H2,2-4H3,(H,14,15);2-5H2,1H3,(H2,7,8,9)/t13-,18-;8-,12-;/m11./s1. The van der Waals surface area contributed by atoms with Crippen molar-refractivity contribution in [3.05, 3.63) is 25.3 Å². The number of esters is 2. The number of carbonyl (C=O) groups is 4. The predicted octanol–water partition coefficient (Wildman–Crippen LogP) is 5.29. The highest BCUT2D eigenvalue weighted by molar-refractivity contribution is 7.91. The van der Waals surface area contributed by atoms with Gasteiger partial charge in [0.1, 0.15) is 11.2 Å². The molecule has 13 nitrogen and oxygen atoms in total. The summed E-state index contributed by atoms with van der Waals surface area (Å²) in [5, 5.41) is 14.1. The van der Waals surface area contributed by atoms with Crippen LogP contribution in [0.25, 0.3) is 0 Å². The fourth-order valence-electron chi connectivity index (χ4n) is 6.48. The fraction of sp³-hybridized carbons (Fsp3) is 0.778. The summed E-state index contributed by atoms with van der Waals surface area (Å²) in [4.78, 5) is 47.6. The van der Waals surface area contributed by atoms with E-state index in [1.54, 1.807) is 53.7 Å². The summed E-state index contributed by atoms with van der Waals surface area (Å²) < 4.78 is 58.4. The maximum atomic E-state index is 12.7. The molecule has 4 fully saturated rings. The third kappa shape index (κ3) is 11.4. The van der Waals surface area contributed by atoms with Crippen molar-refractivity contribution in [2.45, 2.75) is 153 Å². The highest BCUT2D eigenvalue weighted by atomic mass is 32.2. The SMILES string of the molecule is C=C[C@@H]1C[C@]1(CC(=O)OC(C)(C)C)C(=O)NS(=O)(=O)C1(CCC)CC1.C=C[C@@H]1C[C@]1(CC(=O)OC(C)(C)C)C(=O)O.CCCC1(S(N)(=O)=O)CC1. The average molecular weight is 761 g/mol. The van der Waals surface area contributed by atoms with Gasteiger partial charge in [0.25, 0.3) is 0 Å². The van der Waals surface area contributed by atoms with E-state index in [0.717, 1.165) is 32.1 Å². The van der Waals surface area contributed by atoms with E-state index in [1.165, 1.54) is 0 Å². The lowest BCUT2D eigenvalue weighted by Gasteiger charge is -2.23. The monoisotopic (exact) mass is 760 g/mol. The molecule has 4 saturated carbocycles. The summed E-state index contributed by atoms with van der Waals surface area (Å²) in [6.07, 6.45) is 9.48. The smallest absolute Gasteiger partial charge is 0.310 e. The van der Waals surface area contributed by atoms with Crippen molar-refractivity contribution in [3.8, 4) is 0 Å². The zero-order chi connectivity index (χ0) is 39.5. The van der Waals surface area contributed by atoms with E-state index in [4.69, 9.17) is 19.7 Å². The molecule has 1 amide bonds. The summed E-state index contributed by atoms with van der Waals surface area (Å²) in [6, 6.07) is 0. The van der Waals surface area contributed by atoms with Gasteiger partial charge in [-0.15, -0.1) is 13.2 Å². The summed E-state index contributed by atoms with van der Waals surface area (Å²) in [6.45, 7) is 21.7. The Hall–Kier alpha value is -2.78. The quantitative estimate of drug-likeness (QED) is 0.144. The van der Waals surface area contributed by atoms with Gasteiger partial charge in [0.05, 0.1) is 33.2 Å². The second-order valence-corrected chi connectivity index (χ2v) is 20.6. The number of carbonyl (C=O) groups excluding carboxylic acids is 3. The van der Waals surface area contributed by atoms with Crippen LogP contribution in [-0.2, 0) is 48.7 Å². The lowest BCUT2D eigenvalue weighted by molar-refractivity contribution is -0.161. The number of carboxylic acids is 1. The first-order valence-corrected chi connectivity index (χ1v) is 20.7. The molecule has 4 aliphatic rings. The molecule has 0 bridgehead atoms. The Balaban J connectivity index is 0.000000295. The van der Waals surface area contributed by atoms with Crippen molar-refractivity contribution in [3.63, 3.8) is 0 Å². The van der Waals surface area contributed by atoms with Crippen molar-refractivity contribution in [1.82, 2.24) is 4.72 Å². The molecular formula is C36H60N2O11S2. The molecule has 51 heavy (non-hydrogen) atoms. The van der Waals surface area contributed by atoms with Gasteiger partial charge in [-0.25, -0.2) is 22.0 Å². The number of ether oxygens (including phenoxy) is 2. The van der Waals surface area contributed by atoms with Crippen molar-refractivity contribution in [2.75, 3.05) is 0 Å². The third-order valence-electron chi connectivity index (χ3n) is 9.90. The maximum Gasteiger partial charge on any atom is 0.310 e. The first-order chi connectivity index (χ1) is 23.1. The van der Waals surface area contributed by atoms with Crippen LogP contribution in [0.1, 0.15) is 132 Å². The Morgan fingerprint density at radius 1 is 0.765 bits per heavy atom. The Morgan fingerprint density at radius 2 is 1.14 bits per heavy atom. The zero-order valence-electron chi connectivity index (χ0n) is 31.6. The summed E-state index contributed by atoms with van der Waals surface area (Å²) in [5.74, 6) is -2.83. The zero-order valence-corrected chi connectivity index (χ0v) is 33.3. The molecule has 4 aliphatic carbocycles. The van der Waals surface area contributed by atoms with E-state index in [0.29, 0.717) is 32.1 Å². The Kier molecular flexibility index (Phi) is 13.6. The van der Waals surface area contributed by atoms with Gasteiger partial charge >= 0.3 is 17.9 Å². The van der Waals surface area contributed by atoms with Gasteiger partial charge in [-0.3, -0.25) is 23.9 Å². The molecule has 4 N–H and O–H groups in total. The lowest BCUT2D eigenvalue weighted by Crippen LogP contribution is -2.44. The van der Waals surface area contributed by atoms with E-state index in [1.807, 2.05) is 13.8 Å². The van der Waals surface area contributed by atoms with Crippen molar-refractivity contribution in [2.24, 2.45) is 27.8 Å². The van der Waals surface area contributed by atoms with Crippen LogP contribution in [0, 0.1) is 22.7 Å². The average Bonchev–Trinajstić information content (AvgIpc) is 3.77. The number of hydrogen-bond donors (Lipinski definition) is 3. The minimum absolute atomic E-state index is 0.0731. The predicted molar refractivity (Wildman–Crippen MR) is 194 cm³/mol. The lowest BCUT2D eigenvalue weighted by atomic mass is 9.98. The van der Waals surface area contributed by atoms with Gasteiger partial charge in [0, 0.05) is 0 Å². The molecular weight excluding hydrogens is 701 g/mol. The second kappa shape index (κ2) is 15.7. The molecule has 0 radical (unpaired) electrons. The molecule has 0 aromatic carbocycles. The topological polar surface area (TPSA) is 213 Å². The van der Waals surface area contributed by atoms with Gasteiger partial charge < -0.3 is 14.6 Å². The number of aliphatic carboxylic acids is 1. The molecule has 0 heterocycles. The van der Waals surface area contributed by atoms with Gasteiger partial charge in [0.15, 0.2) is 0 Å². The Morgan fingerprint density at radius 3 is 1.41 bits per heavy atom. The van der Waals surface area contributed by atoms with E-state index in [9.17, 15) is 36.0 Å². The fourth-order valence-corrected chi connectivity index (χ4v) is 9.41. The molecule has 292 valence electrons. The molecule has 15 heteroatoms. The van der Waals surface area contributed by atoms with Crippen molar-refractivity contribution >= 4 is 43.9 Å². The van der Waals surface area contributed by atoms with Gasteiger partial charge in [0.2, 0.25) is 26.0 Å². The first kappa shape index (κ1) is 44.4. The van der Waals surface area contributed by atoms with Crippen LogP contribution in [-0.4, -0.2) is 66.5 Å². The second-order valence-electron chi connectivity index (χ2n) is 16.6. The highest BCUT2D eigenvalue weighted by Crippen LogP contribution is 2.58. The van der Waals surface area contributed by atoms with Crippen LogP contribution in [0.4, 0.5) is 0 Å². The summed E-state index contributed by atoms with van der Waals surface area (Å²) in [7, 11) is -7.00. The number of carboxylic acid groups (broad SMARTS) is 1. The number of amides is 1. The summed E-state index contributed by atoms with van der Waals surface area (Å²) >= 11 is 0. The molecule has 0 aliphatic heterocycles. The molecule has 0 spiro atoms. The van der Waals surface area contributed by atoms with E-state index >= 15 is 0 Å². The molecule has 4 atom stereocenters. The number of sulfonamides is 2. The van der Waals surface area contributed by atoms with Gasteiger partial charge in [-0.05, 0) is 105 Å². The number of hydrogen-bond acceptors (Lipinski definition) is 10. The third-order valence-corrected chi connectivity index (χ3v) is 13.9. The largest absolute Gasteiger partial charge is 0.481 e. The van der Waals surface area contributed by atoms with Crippen LogP contribution >= 0.6 is 0 Å². The number of rotatable bonds is 15. The van der Waals surface area contributed by atoms with E-state index in [-0.39, 0.29) is 24.7 Å². The minimum Gasteiger partial charge on any atom is -0.481 e. The normalized spacial score (nSPS) is 26.7.